The number of carbonyl (C=O) groups excluding carboxylic acids is 1. The topological polar surface area (TPSA) is 52.6 Å². The highest BCUT2D eigenvalue weighted by Crippen LogP contribution is 2.41. The molecule has 1 aliphatic heterocycles. The van der Waals surface area contributed by atoms with Crippen molar-refractivity contribution in [1.29, 1.82) is 0 Å². The van der Waals surface area contributed by atoms with E-state index in [0.29, 0.717) is 5.56 Å². The summed E-state index contributed by atoms with van der Waals surface area (Å²) in [6.45, 7) is 4.20. The van der Waals surface area contributed by atoms with E-state index in [0.717, 1.165) is 70.2 Å². The lowest BCUT2D eigenvalue weighted by molar-refractivity contribution is -0.148. The first kappa shape index (κ1) is 22.0. The molecule has 0 bridgehead atoms. The molecule has 2 aliphatic rings. The Labute approximate surface area is 174 Å². The number of piperidine rings is 1. The van der Waals surface area contributed by atoms with Crippen LogP contribution in [0.1, 0.15) is 57.4 Å². The lowest BCUT2D eigenvalue weighted by atomic mass is 9.79. The van der Waals surface area contributed by atoms with Crippen LogP contribution in [0.5, 0.6) is 0 Å². The minimum absolute atomic E-state index is 0.0180. The normalized spacial score (nSPS) is 21.8. The number of nitrogens with zero attached hydrogens (tertiary/aromatic N) is 1. The van der Waals surface area contributed by atoms with Crippen LogP contribution in [0, 0.1) is 5.92 Å². The molecule has 3 rings (SSSR count). The minimum Gasteiger partial charge on any atom is -0.375 e. The molecule has 4 nitrogen and oxygen atoms in total. The van der Waals surface area contributed by atoms with E-state index >= 15 is 0 Å². The average Bonchev–Trinajstić information content (AvgIpc) is 3.30. The molecule has 2 fully saturated rings. The van der Waals surface area contributed by atoms with E-state index in [1.54, 1.807) is 0 Å². The van der Waals surface area contributed by atoms with Crippen molar-refractivity contribution >= 4 is 5.91 Å². The number of hydrogen-bond acceptors (Lipinski definition) is 3. The maximum Gasteiger partial charge on any atom is 0.257 e. The van der Waals surface area contributed by atoms with E-state index < -0.39 is 5.60 Å². The SMILES string of the molecule is C/C(=C/CCN1CCC(NC(=O)C(O)(c2ccccc2)C2CCCC2)CC1)CF. The number of amides is 1. The molecule has 160 valence electrons. The number of benzene rings is 1. The second kappa shape index (κ2) is 10.4. The summed E-state index contributed by atoms with van der Waals surface area (Å²) >= 11 is 0. The molecule has 1 unspecified atom stereocenters. The Kier molecular flexibility index (Phi) is 7.84. The highest BCUT2D eigenvalue weighted by Gasteiger charge is 2.46. The number of allylic oxidation sites excluding steroid dienone is 1. The molecule has 0 spiro atoms. The van der Waals surface area contributed by atoms with Crippen LogP contribution in [0.2, 0.25) is 0 Å². The van der Waals surface area contributed by atoms with E-state index in [2.05, 4.69) is 10.2 Å². The van der Waals surface area contributed by atoms with E-state index in [1.165, 1.54) is 0 Å². The third-order valence-electron chi connectivity index (χ3n) is 6.58. The van der Waals surface area contributed by atoms with Crippen molar-refractivity contribution < 1.29 is 14.3 Å². The monoisotopic (exact) mass is 402 g/mol. The van der Waals surface area contributed by atoms with E-state index in [4.69, 9.17) is 0 Å². The van der Waals surface area contributed by atoms with E-state index in [-0.39, 0.29) is 24.5 Å². The zero-order valence-corrected chi connectivity index (χ0v) is 17.6. The summed E-state index contributed by atoms with van der Waals surface area (Å²) in [5.41, 5.74) is 0.0555. The number of nitrogens with one attached hydrogen (secondary N) is 1. The fourth-order valence-electron chi connectivity index (χ4n) is 4.73. The van der Waals surface area contributed by atoms with Crippen molar-refractivity contribution in [2.75, 3.05) is 26.3 Å². The molecule has 1 atom stereocenters. The number of likely N-dealkylation sites (tertiary alicyclic amines) is 1. The van der Waals surface area contributed by atoms with Gasteiger partial charge in [0.15, 0.2) is 5.60 Å². The summed E-state index contributed by atoms with van der Waals surface area (Å²) < 4.78 is 12.5. The first-order valence-electron chi connectivity index (χ1n) is 11.1. The number of halogens is 1. The Balaban J connectivity index is 1.57. The quantitative estimate of drug-likeness (QED) is 0.648. The van der Waals surface area contributed by atoms with Gasteiger partial charge in [-0.15, -0.1) is 0 Å². The lowest BCUT2D eigenvalue weighted by Crippen LogP contribution is -2.54. The highest BCUT2D eigenvalue weighted by atomic mass is 19.1. The van der Waals surface area contributed by atoms with Gasteiger partial charge in [0.2, 0.25) is 0 Å². The van der Waals surface area contributed by atoms with Crippen molar-refractivity contribution in [3.63, 3.8) is 0 Å². The van der Waals surface area contributed by atoms with Gasteiger partial charge in [0.1, 0.15) is 6.67 Å². The van der Waals surface area contributed by atoms with Crippen LogP contribution in [-0.2, 0) is 10.4 Å². The molecule has 1 aliphatic carbocycles. The Morgan fingerprint density at radius 3 is 2.48 bits per heavy atom. The van der Waals surface area contributed by atoms with Gasteiger partial charge in [0, 0.05) is 31.6 Å². The third kappa shape index (κ3) is 5.46. The first-order valence-corrected chi connectivity index (χ1v) is 11.1. The van der Waals surface area contributed by atoms with Crippen molar-refractivity contribution in [2.45, 2.75) is 63.5 Å². The van der Waals surface area contributed by atoms with Gasteiger partial charge < -0.3 is 15.3 Å². The number of alkyl halides is 1. The van der Waals surface area contributed by atoms with Gasteiger partial charge in [0.05, 0.1) is 0 Å². The summed E-state index contributed by atoms with van der Waals surface area (Å²) in [6, 6.07) is 9.52. The van der Waals surface area contributed by atoms with Crippen molar-refractivity contribution in [1.82, 2.24) is 10.2 Å². The fraction of sp³-hybridized carbons (Fsp3) is 0.625. The van der Waals surface area contributed by atoms with Gasteiger partial charge in [-0.25, -0.2) is 4.39 Å². The Morgan fingerprint density at radius 2 is 1.86 bits per heavy atom. The summed E-state index contributed by atoms with van der Waals surface area (Å²) in [5.74, 6) is -0.258. The first-order chi connectivity index (χ1) is 14.0. The molecule has 1 saturated carbocycles. The molecule has 29 heavy (non-hydrogen) atoms. The molecular weight excluding hydrogens is 367 g/mol. The lowest BCUT2D eigenvalue weighted by Gasteiger charge is -2.37. The Hall–Kier alpha value is -1.72. The van der Waals surface area contributed by atoms with Gasteiger partial charge in [-0.05, 0) is 50.2 Å². The number of carbonyl (C=O) groups is 1. The Bertz CT molecular complexity index is 679. The molecule has 1 amide bonds. The maximum atomic E-state index is 13.3. The smallest absolute Gasteiger partial charge is 0.257 e. The standard InChI is InChI=1S/C24H35FN2O2/c1-19(18-25)8-7-15-27-16-13-22(14-17-27)26-23(28)24(29,21-11-5-6-12-21)20-9-3-2-4-10-20/h2-4,8-10,21-22,29H,5-7,11-18H2,1H3,(H,26,28)/b19-8-. The highest BCUT2D eigenvalue weighted by molar-refractivity contribution is 5.87. The molecule has 1 saturated heterocycles. The van der Waals surface area contributed by atoms with Gasteiger partial charge >= 0.3 is 0 Å². The maximum absolute atomic E-state index is 13.3. The van der Waals surface area contributed by atoms with Crippen LogP contribution in [0.15, 0.2) is 42.0 Å². The van der Waals surface area contributed by atoms with Crippen LogP contribution < -0.4 is 5.32 Å². The number of hydrogen-bond donors (Lipinski definition) is 2. The summed E-state index contributed by atoms with van der Waals surface area (Å²) in [6.07, 6.45) is 8.52. The largest absolute Gasteiger partial charge is 0.375 e. The molecule has 1 heterocycles. The molecule has 0 aromatic heterocycles. The van der Waals surface area contributed by atoms with Crippen LogP contribution in [0.25, 0.3) is 0 Å². The molecule has 1 aromatic rings. The second-order valence-electron chi connectivity index (χ2n) is 8.68. The zero-order valence-electron chi connectivity index (χ0n) is 17.6. The zero-order chi connectivity index (χ0) is 20.7. The van der Waals surface area contributed by atoms with E-state index in [1.807, 2.05) is 43.3 Å². The van der Waals surface area contributed by atoms with Crippen molar-refractivity contribution in [2.24, 2.45) is 5.92 Å². The molecular formula is C24H35FN2O2. The number of aliphatic hydroxyl groups is 1. The van der Waals surface area contributed by atoms with E-state index in [9.17, 15) is 14.3 Å². The van der Waals surface area contributed by atoms with Crippen molar-refractivity contribution in [3.05, 3.63) is 47.5 Å². The number of rotatable bonds is 8. The van der Waals surface area contributed by atoms with Crippen LogP contribution in [-0.4, -0.2) is 48.3 Å². The fourth-order valence-corrected chi connectivity index (χ4v) is 4.73. The predicted molar refractivity (Wildman–Crippen MR) is 114 cm³/mol. The molecule has 5 heteroatoms. The summed E-state index contributed by atoms with van der Waals surface area (Å²) in [4.78, 5) is 15.6. The second-order valence-corrected chi connectivity index (χ2v) is 8.68. The molecule has 1 aromatic carbocycles. The molecule has 0 radical (unpaired) electrons. The Morgan fingerprint density at radius 1 is 1.21 bits per heavy atom. The minimum atomic E-state index is -1.44. The predicted octanol–water partition coefficient (Wildman–Crippen LogP) is 3.95. The average molecular weight is 403 g/mol. The van der Waals surface area contributed by atoms with Gasteiger partial charge in [-0.3, -0.25) is 4.79 Å². The summed E-state index contributed by atoms with van der Waals surface area (Å²) in [5, 5.41) is 14.7. The van der Waals surface area contributed by atoms with Crippen LogP contribution >= 0.6 is 0 Å². The van der Waals surface area contributed by atoms with Crippen LogP contribution in [0.3, 0.4) is 0 Å². The van der Waals surface area contributed by atoms with Gasteiger partial charge in [-0.2, -0.15) is 0 Å². The van der Waals surface area contributed by atoms with Crippen molar-refractivity contribution in [3.8, 4) is 0 Å². The van der Waals surface area contributed by atoms with Crippen LogP contribution in [0.4, 0.5) is 4.39 Å². The third-order valence-corrected chi connectivity index (χ3v) is 6.58. The van der Waals surface area contributed by atoms with Gasteiger partial charge in [-0.1, -0.05) is 49.2 Å². The summed E-state index contributed by atoms with van der Waals surface area (Å²) in [7, 11) is 0. The molecule has 2 N–H and O–H groups in total. The van der Waals surface area contributed by atoms with Gasteiger partial charge in [0.25, 0.3) is 5.91 Å².